The second-order valence-corrected chi connectivity index (χ2v) is 9.55. The normalized spacial score (nSPS) is 14.2. The second kappa shape index (κ2) is 7.60. The quantitative estimate of drug-likeness (QED) is 0.325. The molecule has 2 heteroatoms. The molecule has 0 atom stereocenters. The zero-order valence-corrected chi connectivity index (χ0v) is 19.9. The smallest absolute Gasteiger partial charge is 0.227 e. The molecule has 2 nitrogen and oxygen atoms in total. The Balaban J connectivity index is 2.18. The van der Waals surface area contributed by atoms with Crippen LogP contribution >= 0.6 is 0 Å². The van der Waals surface area contributed by atoms with Crippen molar-refractivity contribution in [2.45, 2.75) is 59.9 Å². The van der Waals surface area contributed by atoms with Gasteiger partial charge in [-0.05, 0) is 61.5 Å². The van der Waals surface area contributed by atoms with Gasteiger partial charge in [-0.2, -0.15) is 0 Å². The molecule has 0 fully saturated rings. The Morgan fingerprint density at radius 2 is 1.81 bits per heavy atom. The minimum atomic E-state index is -0.161. The number of rotatable bonds is 4. The Hall–Kier alpha value is -3.00. The second-order valence-electron chi connectivity index (χ2n) is 9.55. The monoisotopic (exact) mass is 409 g/mol. The van der Waals surface area contributed by atoms with E-state index in [2.05, 4.69) is 101 Å². The summed E-state index contributed by atoms with van der Waals surface area (Å²) in [5, 5.41) is 2.54. The van der Waals surface area contributed by atoms with Crippen LogP contribution in [0.5, 0.6) is 0 Å². The third kappa shape index (κ3) is 3.17. The molecule has 3 aromatic rings. The molecule has 1 aromatic heterocycles. The zero-order valence-electron chi connectivity index (χ0n) is 19.9. The molecule has 0 spiro atoms. The lowest BCUT2D eigenvalue weighted by Crippen LogP contribution is -2.43. The third-order valence-electron chi connectivity index (χ3n) is 6.49. The predicted octanol–water partition coefficient (Wildman–Crippen LogP) is 7.34. The van der Waals surface area contributed by atoms with Crippen LogP contribution in [0.4, 0.5) is 0 Å². The lowest BCUT2D eigenvalue weighted by Gasteiger charge is -2.25. The number of nitrogens with zero attached hydrogens (tertiary/aromatic N) is 2. The maximum Gasteiger partial charge on any atom is 0.287 e. The van der Waals surface area contributed by atoms with Crippen molar-refractivity contribution >= 4 is 16.3 Å². The van der Waals surface area contributed by atoms with Crippen LogP contribution in [0.2, 0.25) is 0 Å². The minimum absolute atomic E-state index is 0.161. The number of hydrogen-bond donors (Lipinski definition) is 0. The maximum atomic E-state index is 5.07. The van der Waals surface area contributed by atoms with Gasteiger partial charge in [0.25, 0.3) is 6.33 Å². The van der Waals surface area contributed by atoms with E-state index in [9.17, 15) is 0 Å². The highest BCUT2D eigenvalue weighted by Crippen LogP contribution is 2.52. The Bertz CT molecular complexity index is 1270. The summed E-state index contributed by atoms with van der Waals surface area (Å²) in [6, 6.07) is 13.5. The topological polar surface area (TPSA) is 16.8 Å². The van der Waals surface area contributed by atoms with Gasteiger partial charge in [0.1, 0.15) is 5.69 Å². The van der Waals surface area contributed by atoms with Crippen molar-refractivity contribution in [1.82, 2.24) is 4.98 Å². The molecule has 1 heterocycles. The van der Waals surface area contributed by atoms with E-state index in [-0.39, 0.29) is 11.5 Å². The molecule has 2 aromatic carbocycles. The number of benzene rings is 2. The molecule has 0 aliphatic heterocycles. The van der Waals surface area contributed by atoms with Crippen LogP contribution in [0, 0.1) is 0 Å². The summed E-state index contributed by atoms with van der Waals surface area (Å²) in [6.45, 7) is 20.0. The van der Waals surface area contributed by atoms with Gasteiger partial charge in [0, 0.05) is 16.6 Å². The highest BCUT2D eigenvalue weighted by molar-refractivity contribution is 6.02. The van der Waals surface area contributed by atoms with Gasteiger partial charge < -0.3 is 0 Å². The van der Waals surface area contributed by atoms with Crippen LogP contribution < -0.4 is 4.57 Å². The fourth-order valence-corrected chi connectivity index (χ4v) is 5.09. The molecule has 158 valence electrons. The van der Waals surface area contributed by atoms with Crippen molar-refractivity contribution in [1.29, 1.82) is 0 Å². The van der Waals surface area contributed by atoms with Crippen LogP contribution in [0.25, 0.3) is 27.6 Å². The number of aromatic nitrogens is 2. The molecule has 0 saturated heterocycles. The first-order valence-electron chi connectivity index (χ1n) is 11.2. The lowest BCUT2D eigenvalue weighted by atomic mass is 9.79. The van der Waals surface area contributed by atoms with Crippen molar-refractivity contribution < 1.29 is 4.57 Å². The van der Waals surface area contributed by atoms with Crippen molar-refractivity contribution in [3.05, 3.63) is 89.4 Å². The molecule has 0 radical (unpaired) electrons. The Kier molecular flexibility index (Phi) is 5.21. The fraction of sp³-hybridized carbons (Fsp3) is 0.310. The number of allylic oxidation sites excluding steroid dienone is 5. The maximum absolute atomic E-state index is 5.07. The highest BCUT2D eigenvalue weighted by atomic mass is 15.1. The summed E-state index contributed by atoms with van der Waals surface area (Å²) in [5.41, 5.74) is 9.65. The SMILES string of the molecule is C=C(/C=C\C)C(=C(C)C)c1c2c(nc[n+]1C(C)C)-c1c(ccc3ccccc13)C2(C)C. The predicted molar refractivity (Wildman–Crippen MR) is 132 cm³/mol. The average molecular weight is 410 g/mol. The van der Waals surface area contributed by atoms with E-state index in [1.165, 1.54) is 44.3 Å². The molecule has 0 bridgehead atoms. The van der Waals surface area contributed by atoms with E-state index in [0.29, 0.717) is 0 Å². The first-order valence-corrected chi connectivity index (χ1v) is 11.2. The summed E-state index contributed by atoms with van der Waals surface area (Å²) in [4.78, 5) is 5.07. The molecule has 0 saturated carbocycles. The van der Waals surface area contributed by atoms with Gasteiger partial charge in [0.15, 0.2) is 5.69 Å². The van der Waals surface area contributed by atoms with Gasteiger partial charge in [-0.25, -0.2) is 4.57 Å². The first kappa shape index (κ1) is 21.2. The molecule has 1 aliphatic rings. The van der Waals surface area contributed by atoms with E-state index in [1.54, 1.807) is 0 Å². The molecule has 4 rings (SSSR count). The summed E-state index contributed by atoms with van der Waals surface area (Å²) >= 11 is 0. The van der Waals surface area contributed by atoms with E-state index < -0.39 is 0 Å². The van der Waals surface area contributed by atoms with Crippen LogP contribution in [0.15, 0.2) is 72.6 Å². The fourth-order valence-electron chi connectivity index (χ4n) is 5.09. The van der Waals surface area contributed by atoms with Gasteiger partial charge in [-0.3, -0.25) is 0 Å². The van der Waals surface area contributed by atoms with Crippen LogP contribution in [-0.2, 0) is 5.41 Å². The van der Waals surface area contributed by atoms with Crippen molar-refractivity contribution in [3.63, 3.8) is 0 Å². The molecular weight excluding hydrogens is 376 g/mol. The van der Waals surface area contributed by atoms with Crippen molar-refractivity contribution in [3.8, 4) is 11.3 Å². The van der Waals surface area contributed by atoms with Crippen molar-refractivity contribution in [2.75, 3.05) is 0 Å². The first-order chi connectivity index (χ1) is 14.7. The molecular formula is C29H33N2+. The number of hydrogen-bond acceptors (Lipinski definition) is 1. The summed E-state index contributed by atoms with van der Waals surface area (Å²) < 4.78 is 2.33. The lowest BCUT2D eigenvalue weighted by molar-refractivity contribution is -0.721. The summed E-state index contributed by atoms with van der Waals surface area (Å²) in [6.07, 6.45) is 6.21. The van der Waals surface area contributed by atoms with Crippen LogP contribution in [0.3, 0.4) is 0 Å². The van der Waals surface area contributed by atoms with E-state index in [0.717, 1.165) is 11.3 Å². The zero-order chi connectivity index (χ0) is 22.5. The molecule has 1 aliphatic carbocycles. The highest BCUT2D eigenvalue weighted by Gasteiger charge is 2.45. The molecule has 0 amide bonds. The Morgan fingerprint density at radius 1 is 1.10 bits per heavy atom. The van der Waals surface area contributed by atoms with Gasteiger partial charge in [-0.15, -0.1) is 0 Å². The Labute approximate surface area is 186 Å². The molecule has 0 unspecified atom stereocenters. The van der Waals surface area contributed by atoms with Gasteiger partial charge in [0.2, 0.25) is 0 Å². The number of fused-ring (bicyclic) bond motifs is 5. The molecule has 31 heavy (non-hydrogen) atoms. The summed E-state index contributed by atoms with van der Waals surface area (Å²) in [7, 11) is 0. The van der Waals surface area contributed by atoms with Gasteiger partial charge in [0.05, 0.1) is 11.6 Å². The van der Waals surface area contributed by atoms with E-state index in [4.69, 9.17) is 4.98 Å². The summed E-state index contributed by atoms with van der Waals surface area (Å²) in [5.74, 6) is 0. The average Bonchev–Trinajstić information content (AvgIpc) is 2.95. The standard InChI is InChI=1S/C29H33N2/c1-9-12-20(6)24(18(2)3)28-26-27(30-17-31(28)19(4)5)25-22-14-11-10-13-21(22)15-16-23(25)29(26,7)8/h9-17,19H,6H2,1-5,7-8H3/q+1/b12-9-. The van der Waals surface area contributed by atoms with Crippen molar-refractivity contribution in [2.24, 2.45) is 0 Å². The Morgan fingerprint density at radius 3 is 2.45 bits per heavy atom. The minimum Gasteiger partial charge on any atom is -0.227 e. The third-order valence-corrected chi connectivity index (χ3v) is 6.49. The van der Waals surface area contributed by atoms with Crippen LogP contribution in [0.1, 0.15) is 71.3 Å². The van der Waals surface area contributed by atoms with E-state index >= 15 is 0 Å². The largest absolute Gasteiger partial charge is 0.287 e. The van der Waals surface area contributed by atoms with Gasteiger partial charge in [-0.1, -0.05) is 74.5 Å². The van der Waals surface area contributed by atoms with Crippen LogP contribution in [-0.4, -0.2) is 4.98 Å². The molecule has 0 N–H and O–H groups in total. The van der Waals surface area contributed by atoms with Gasteiger partial charge >= 0.3 is 0 Å². The van der Waals surface area contributed by atoms with E-state index in [1.807, 2.05) is 13.3 Å².